The van der Waals surface area contributed by atoms with Crippen LogP contribution in [-0.4, -0.2) is 43.0 Å². The maximum absolute atomic E-state index is 13.0. The van der Waals surface area contributed by atoms with Gasteiger partial charge in [0.2, 0.25) is 0 Å². The molecule has 5 heteroatoms. The third-order valence-corrected chi connectivity index (χ3v) is 5.74. The average molecular weight is 394 g/mol. The molecule has 0 radical (unpaired) electrons. The van der Waals surface area contributed by atoms with Gasteiger partial charge in [-0.1, -0.05) is 47.7 Å². The van der Waals surface area contributed by atoms with E-state index in [1.807, 2.05) is 55.4 Å². The summed E-state index contributed by atoms with van der Waals surface area (Å²) >= 11 is 1.60. The van der Waals surface area contributed by atoms with Crippen LogP contribution in [-0.2, 0) is 4.79 Å². The lowest BCUT2D eigenvalue weighted by molar-refractivity contribution is -0.114. The molecule has 0 aliphatic carbocycles. The van der Waals surface area contributed by atoms with Gasteiger partial charge in [0.1, 0.15) is 0 Å². The summed E-state index contributed by atoms with van der Waals surface area (Å²) in [7, 11) is 4.09. The molecule has 0 bridgehead atoms. The number of aromatic nitrogens is 1. The van der Waals surface area contributed by atoms with E-state index in [0.29, 0.717) is 6.54 Å². The highest BCUT2D eigenvalue weighted by atomic mass is 32.1. The van der Waals surface area contributed by atoms with Crippen LogP contribution in [0.4, 0.5) is 5.13 Å². The van der Waals surface area contributed by atoms with Crippen LogP contribution in [0.15, 0.2) is 48.5 Å². The van der Waals surface area contributed by atoms with E-state index in [4.69, 9.17) is 4.98 Å². The molecule has 146 valence electrons. The number of thiazole rings is 1. The third-order valence-electron chi connectivity index (χ3n) is 4.51. The molecule has 4 nitrogen and oxygen atoms in total. The van der Waals surface area contributed by atoms with Crippen LogP contribution in [0, 0.1) is 13.8 Å². The molecular formula is C23H27N3OS. The van der Waals surface area contributed by atoms with Gasteiger partial charge in [-0.25, -0.2) is 4.98 Å². The molecule has 0 atom stereocenters. The van der Waals surface area contributed by atoms with E-state index in [2.05, 4.69) is 30.9 Å². The molecule has 0 unspecified atom stereocenters. The Balaban J connectivity index is 1.89. The van der Waals surface area contributed by atoms with E-state index >= 15 is 0 Å². The molecule has 28 heavy (non-hydrogen) atoms. The molecule has 1 heterocycles. The zero-order valence-corrected chi connectivity index (χ0v) is 17.8. The predicted molar refractivity (Wildman–Crippen MR) is 120 cm³/mol. The number of anilines is 1. The van der Waals surface area contributed by atoms with Gasteiger partial charge in [0.25, 0.3) is 5.91 Å². The third kappa shape index (κ3) is 5.06. The zero-order valence-electron chi connectivity index (χ0n) is 17.0. The van der Waals surface area contributed by atoms with Crippen molar-refractivity contribution < 1.29 is 4.79 Å². The van der Waals surface area contributed by atoms with Crippen LogP contribution in [0.1, 0.15) is 23.1 Å². The molecule has 0 spiro atoms. The largest absolute Gasteiger partial charge is 0.309 e. The Kier molecular flexibility index (Phi) is 6.60. The van der Waals surface area contributed by atoms with Gasteiger partial charge in [-0.05, 0) is 69.7 Å². The van der Waals surface area contributed by atoms with Crippen LogP contribution in [0.5, 0.6) is 0 Å². The fraction of sp³-hybridized carbons (Fsp3) is 0.304. The van der Waals surface area contributed by atoms with Crippen molar-refractivity contribution in [3.05, 3.63) is 65.2 Å². The van der Waals surface area contributed by atoms with Crippen molar-refractivity contribution in [3.63, 3.8) is 0 Å². The first-order valence-corrected chi connectivity index (χ1v) is 10.3. The smallest absolute Gasteiger partial charge is 0.252 e. The normalized spacial score (nSPS) is 11.6. The molecule has 0 N–H and O–H groups in total. The molecule has 3 rings (SSSR count). The number of hydrogen-bond donors (Lipinski definition) is 0. The van der Waals surface area contributed by atoms with E-state index in [-0.39, 0.29) is 5.91 Å². The Labute approximate surface area is 171 Å². The highest BCUT2D eigenvalue weighted by Gasteiger charge is 2.18. The minimum absolute atomic E-state index is 0.0314. The molecular weight excluding hydrogens is 366 g/mol. The van der Waals surface area contributed by atoms with Gasteiger partial charge in [0.15, 0.2) is 5.13 Å². The number of carbonyl (C=O) groups excluding carboxylic acids is 1. The second kappa shape index (κ2) is 9.13. The van der Waals surface area contributed by atoms with Crippen LogP contribution in [0.2, 0.25) is 0 Å². The number of hydrogen-bond acceptors (Lipinski definition) is 4. The Morgan fingerprint density at radius 2 is 1.86 bits per heavy atom. The summed E-state index contributed by atoms with van der Waals surface area (Å²) in [5.74, 6) is -0.0314. The van der Waals surface area contributed by atoms with Gasteiger partial charge < -0.3 is 4.90 Å². The van der Waals surface area contributed by atoms with Crippen LogP contribution >= 0.6 is 11.3 Å². The van der Waals surface area contributed by atoms with Crippen molar-refractivity contribution in [2.45, 2.75) is 20.3 Å². The summed E-state index contributed by atoms with van der Waals surface area (Å²) in [5.41, 5.74) is 4.38. The van der Waals surface area contributed by atoms with Gasteiger partial charge in [-0.3, -0.25) is 9.69 Å². The van der Waals surface area contributed by atoms with E-state index in [0.717, 1.165) is 33.9 Å². The van der Waals surface area contributed by atoms with Gasteiger partial charge in [0.05, 0.1) is 10.2 Å². The van der Waals surface area contributed by atoms with Gasteiger partial charge in [0, 0.05) is 12.6 Å². The summed E-state index contributed by atoms with van der Waals surface area (Å²) in [6, 6.07) is 14.1. The molecule has 0 saturated carbocycles. The molecule has 2 aromatic carbocycles. The number of amides is 1. The van der Waals surface area contributed by atoms with Gasteiger partial charge in [-0.2, -0.15) is 0 Å². The minimum Gasteiger partial charge on any atom is -0.309 e. The lowest BCUT2D eigenvalue weighted by Crippen LogP contribution is -2.32. The molecule has 0 aliphatic heterocycles. The fourth-order valence-electron chi connectivity index (χ4n) is 3.15. The molecule has 1 amide bonds. The van der Waals surface area contributed by atoms with Crippen molar-refractivity contribution in [2.75, 3.05) is 32.1 Å². The van der Waals surface area contributed by atoms with Crippen LogP contribution < -0.4 is 4.90 Å². The van der Waals surface area contributed by atoms with Crippen LogP contribution in [0.25, 0.3) is 16.3 Å². The number of aryl methyl sites for hydroxylation is 2. The standard InChI is InChI=1S/C23H27N3OS/c1-17-15-18(2)22-20(16-17)24-23(28-22)26(14-8-13-25(3)4)21(27)12-11-19-9-6-5-7-10-19/h5-7,9-12,15-16H,8,13-14H2,1-4H3/b12-11+. The topological polar surface area (TPSA) is 36.4 Å². The molecule has 0 fully saturated rings. The Bertz CT molecular complexity index is 976. The Morgan fingerprint density at radius 3 is 2.57 bits per heavy atom. The zero-order chi connectivity index (χ0) is 20.1. The Hall–Kier alpha value is -2.50. The first-order chi connectivity index (χ1) is 13.4. The average Bonchev–Trinajstić information content (AvgIpc) is 3.08. The van der Waals surface area contributed by atoms with E-state index < -0.39 is 0 Å². The fourth-order valence-corrected chi connectivity index (χ4v) is 4.19. The predicted octanol–water partition coefficient (Wildman–Crippen LogP) is 4.91. The number of benzene rings is 2. The van der Waals surface area contributed by atoms with Crippen molar-refractivity contribution in [2.24, 2.45) is 0 Å². The van der Waals surface area contributed by atoms with Crippen LogP contribution in [0.3, 0.4) is 0 Å². The number of fused-ring (bicyclic) bond motifs is 1. The van der Waals surface area contributed by atoms with E-state index in [1.165, 1.54) is 11.1 Å². The van der Waals surface area contributed by atoms with Crippen molar-refractivity contribution in [1.82, 2.24) is 9.88 Å². The van der Waals surface area contributed by atoms with Crippen molar-refractivity contribution in [3.8, 4) is 0 Å². The summed E-state index contributed by atoms with van der Waals surface area (Å²) in [6.07, 6.45) is 4.41. The number of rotatable bonds is 7. The van der Waals surface area contributed by atoms with Crippen molar-refractivity contribution >= 4 is 38.7 Å². The summed E-state index contributed by atoms with van der Waals surface area (Å²) in [6.45, 7) is 5.75. The second-order valence-electron chi connectivity index (χ2n) is 7.32. The number of carbonyl (C=O) groups is 1. The molecule has 0 saturated heterocycles. The van der Waals surface area contributed by atoms with Gasteiger partial charge in [-0.15, -0.1) is 0 Å². The first-order valence-electron chi connectivity index (χ1n) is 9.51. The number of nitrogens with zero attached hydrogens (tertiary/aromatic N) is 3. The van der Waals surface area contributed by atoms with E-state index in [1.54, 1.807) is 17.4 Å². The summed E-state index contributed by atoms with van der Waals surface area (Å²) in [5, 5.41) is 0.769. The molecule has 0 aliphatic rings. The Morgan fingerprint density at radius 1 is 1.11 bits per heavy atom. The molecule has 3 aromatic rings. The maximum Gasteiger partial charge on any atom is 0.252 e. The summed E-state index contributed by atoms with van der Waals surface area (Å²) in [4.78, 5) is 21.7. The molecule has 1 aromatic heterocycles. The lowest BCUT2D eigenvalue weighted by Gasteiger charge is -2.19. The SMILES string of the molecule is Cc1cc(C)c2sc(N(CCCN(C)C)C(=O)/C=C/c3ccccc3)nc2c1. The maximum atomic E-state index is 13.0. The second-order valence-corrected chi connectivity index (χ2v) is 8.29. The van der Waals surface area contributed by atoms with E-state index in [9.17, 15) is 4.79 Å². The van der Waals surface area contributed by atoms with Crippen molar-refractivity contribution in [1.29, 1.82) is 0 Å². The highest BCUT2D eigenvalue weighted by Crippen LogP contribution is 2.32. The van der Waals surface area contributed by atoms with Gasteiger partial charge >= 0.3 is 0 Å². The minimum atomic E-state index is -0.0314. The first kappa shape index (κ1) is 20.2. The summed E-state index contributed by atoms with van der Waals surface area (Å²) < 4.78 is 1.15. The quantitative estimate of drug-likeness (QED) is 0.535. The highest BCUT2D eigenvalue weighted by molar-refractivity contribution is 7.22. The lowest BCUT2D eigenvalue weighted by atomic mass is 10.1. The monoisotopic (exact) mass is 393 g/mol.